The molecule has 3 N–H and O–H groups in total. The molecule has 2 amide bonds. The van der Waals surface area contributed by atoms with Gasteiger partial charge in [-0.05, 0) is 44.6 Å². The zero-order chi connectivity index (χ0) is 21.1. The number of nitrogens with one attached hydrogen (secondary N) is 2. The Bertz CT molecular complexity index is 918. The van der Waals surface area contributed by atoms with Gasteiger partial charge in [-0.25, -0.2) is 9.97 Å². The Morgan fingerprint density at radius 1 is 1.07 bits per heavy atom. The Kier molecular flexibility index (Phi) is 6.13. The van der Waals surface area contributed by atoms with Crippen molar-refractivity contribution >= 4 is 28.7 Å². The number of carbonyl (C=O) groups excluding carboxylic acids is 2. The SMILES string of the molecule is CC(=O)N1CCC(NC(=O)c2cccc3cnc(N[C@H]4CC[C@H](O)CC4)nc23)CC1. The van der Waals surface area contributed by atoms with Gasteiger partial charge in [0, 0.05) is 43.7 Å². The van der Waals surface area contributed by atoms with E-state index in [1.165, 1.54) is 0 Å². The van der Waals surface area contributed by atoms with Crippen molar-refractivity contribution in [2.24, 2.45) is 0 Å². The van der Waals surface area contributed by atoms with Crippen LogP contribution in [0.2, 0.25) is 0 Å². The van der Waals surface area contributed by atoms with Crippen LogP contribution in [0.15, 0.2) is 24.4 Å². The molecular formula is C22H29N5O3. The maximum atomic E-state index is 13.0. The van der Waals surface area contributed by atoms with Gasteiger partial charge in [0.25, 0.3) is 5.91 Å². The van der Waals surface area contributed by atoms with E-state index in [1.807, 2.05) is 17.0 Å². The summed E-state index contributed by atoms with van der Waals surface area (Å²) in [6, 6.07) is 5.82. The number of anilines is 1. The number of benzene rings is 1. The number of rotatable bonds is 4. The molecule has 0 spiro atoms. The Hall–Kier alpha value is -2.74. The van der Waals surface area contributed by atoms with Crippen molar-refractivity contribution in [3.8, 4) is 0 Å². The van der Waals surface area contributed by atoms with Gasteiger partial charge in [0.2, 0.25) is 11.9 Å². The number of para-hydroxylation sites is 1. The quantitative estimate of drug-likeness (QED) is 0.711. The minimum Gasteiger partial charge on any atom is -0.393 e. The summed E-state index contributed by atoms with van der Waals surface area (Å²) in [7, 11) is 0. The highest BCUT2D eigenvalue weighted by molar-refractivity contribution is 6.05. The average molecular weight is 412 g/mol. The van der Waals surface area contributed by atoms with Crippen molar-refractivity contribution in [3.63, 3.8) is 0 Å². The number of amides is 2. The fourth-order valence-electron chi connectivity index (χ4n) is 4.31. The Labute approximate surface area is 176 Å². The third kappa shape index (κ3) is 4.70. The van der Waals surface area contributed by atoms with Gasteiger partial charge < -0.3 is 20.6 Å². The molecule has 4 rings (SSSR count). The minimum absolute atomic E-state index is 0.0523. The van der Waals surface area contributed by atoms with Crippen molar-refractivity contribution in [3.05, 3.63) is 30.0 Å². The predicted molar refractivity (Wildman–Crippen MR) is 114 cm³/mol. The molecule has 1 aliphatic carbocycles. The van der Waals surface area contributed by atoms with Gasteiger partial charge in [-0.15, -0.1) is 0 Å². The van der Waals surface area contributed by atoms with Crippen LogP contribution in [0.1, 0.15) is 55.8 Å². The highest BCUT2D eigenvalue weighted by Gasteiger charge is 2.24. The molecule has 1 saturated heterocycles. The number of aliphatic hydroxyl groups is 1. The van der Waals surface area contributed by atoms with Crippen molar-refractivity contribution in [2.45, 2.75) is 63.6 Å². The van der Waals surface area contributed by atoms with Gasteiger partial charge in [-0.1, -0.05) is 12.1 Å². The van der Waals surface area contributed by atoms with Crippen LogP contribution >= 0.6 is 0 Å². The summed E-state index contributed by atoms with van der Waals surface area (Å²) >= 11 is 0. The topological polar surface area (TPSA) is 107 Å². The fourth-order valence-corrected chi connectivity index (χ4v) is 4.31. The van der Waals surface area contributed by atoms with Crippen LogP contribution in [-0.2, 0) is 4.79 Å². The molecule has 0 bridgehead atoms. The van der Waals surface area contributed by atoms with Gasteiger partial charge in [-0.3, -0.25) is 9.59 Å². The third-order valence-corrected chi connectivity index (χ3v) is 6.16. The molecule has 0 unspecified atom stereocenters. The summed E-state index contributed by atoms with van der Waals surface area (Å²) in [6.45, 7) is 2.92. The van der Waals surface area contributed by atoms with E-state index in [9.17, 15) is 14.7 Å². The first-order valence-electron chi connectivity index (χ1n) is 10.8. The zero-order valence-electron chi connectivity index (χ0n) is 17.3. The van der Waals surface area contributed by atoms with Gasteiger partial charge in [0.05, 0.1) is 17.2 Å². The number of hydrogen-bond acceptors (Lipinski definition) is 6. The number of nitrogens with zero attached hydrogens (tertiary/aromatic N) is 3. The second-order valence-corrected chi connectivity index (χ2v) is 8.34. The molecule has 1 saturated carbocycles. The lowest BCUT2D eigenvalue weighted by Crippen LogP contribution is -2.46. The van der Waals surface area contributed by atoms with Crippen molar-refractivity contribution in [2.75, 3.05) is 18.4 Å². The van der Waals surface area contributed by atoms with Gasteiger partial charge in [-0.2, -0.15) is 0 Å². The van der Waals surface area contributed by atoms with Crippen molar-refractivity contribution in [1.82, 2.24) is 20.2 Å². The monoisotopic (exact) mass is 411 g/mol. The fraction of sp³-hybridized carbons (Fsp3) is 0.545. The highest BCUT2D eigenvalue weighted by atomic mass is 16.3. The molecule has 2 fully saturated rings. The Balaban J connectivity index is 1.46. The number of carbonyl (C=O) groups is 2. The second kappa shape index (κ2) is 8.95. The van der Waals surface area contributed by atoms with E-state index >= 15 is 0 Å². The second-order valence-electron chi connectivity index (χ2n) is 8.34. The summed E-state index contributed by atoms with van der Waals surface area (Å²) in [6.07, 6.45) is 6.36. The number of aliphatic hydroxyl groups excluding tert-OH is 1. The molecule has 8 nitrogen and oxygen atoms in total. The molecular weight excluding hydrogens is 382 g/mol. The first-order valence-corrected chi connectivity index (χ1v) is 10.8. The van der Waals surface area contributed by atoms with Crippen LogP contribution in [0, 0.1) is 0 Å². The molecule has 0 radical (unpaired) electrons. The van der Waals surface area contributed by atoms with E-state index in [-0.39, 0.29) is 30.0 Å². The van der Waals surface area contributed by atoms with E-state index in [1.54, 1.807) is 19.2 Å². The number of aromatic nitrogens is 2. The minimum atomic E-state index is -0.210. The molecule has 8 heteroatoms. The first-order chi connectivity index (χ1) is 14.5. The molecule has 2 aliphatic rings. The normalized spacial score (nSPS) is 22.7. The van der Waals surface area contributed by atoms with Gasteiger partial charge >= 0.3 is 0 Å². The lowest BCUT2D eigenvalue weighted by atomic mass is 9.93. The summed E-state index contributed by atoms with van der Waals surface area (Å²) in [5.41, 5.74) is 1.16. The molecule has 0 atom stereocenters. The Morgan fingerprint density at radius 2 is 1.80 bits per heavy atom. The van der Waals surface area contributed by atoms with Crippen LogP contribution < -0.4 is 10.6 Å². The summed E-state index contributed by atoms with van der Waals surface area (Å²) in [5, 5.41) is 17.0. The molecule has 1 aromatic heterocycles. The van der Waals surface area contributed by atoms with E-state index in [4.69, 9.17) is 0 Å². The van der Waals surface area contributed by atoms with Gasteiger partial charge in [0.1, 0.15) is 0 Å². The summed E-state index contributed by atoms with van der Waals surface area (Å²) in [4.78, 5) is 35.3. The van der Waals surface area contributed by atoms with Crippen LogP contribution in [-0.4, -0.2) is 63.1 Å². The van der Waals surface area contributed by atoms with Crippen LogP contribution in [0.4, 0.5) is 5.95 Å². The number of likely N-dealkylation sites (tertiary alicyclic amines) is 1. The number of hydrogen-bond donors (Lipinski definition) is 3. The van der Waals surface area contributed by atoms with E-state index in [0.717, 1.165) is 43.9 Å². The smallest absolute Gasteiger partial charge is 0.253 e. The van der Waals surface area contributed by atoms with Crippen LogP contribution in [0.25, 0.3) is 10.9 Å². The van der Waals surface area contributed by atoms with Crippen LogP contribution in [0.5, 0.6) is 0 Å². The molecule has 2 heterocycles. The maximum Gasteiger partial charge on any atom is 0.253 e. The van der Waals surface area contributed by atoms with Gasteiger partial charge in [0.15, 0.2) is 0 Å². The first kappa shape index (κ1) is 20.5. The van der Waals surface area contributed by atoms with E-state index < -0.39 is 0 Å². The van der Waals surface area contributed by atoms with Crippen molar-refractivity contribution < 1.29 is 14.7 Å². The third-order valence-electron chi connectivity index (χ3n) is 6.16. The molecule has 160 valence electrons. The van der Waals surface area contributed by atoms with Crippen LogP contribution in [0.3, 0.4) is 0 Å². The maximum absolute atomic E-state index is 13.0. The summed E-state index contributed by atoms with van der Waals surface area (Å²) < 4.78 is 0. The van der Waals surface area contributed by atoms with Crippen molar-refractivity contribution in [1.29, 1.82) is 0 Å². The summed E-state index contributed by atoms with van der Waals surface area (Å²) in [5.74, 6) is 0.448. The standard InChI is InChI=1S/C22H29N5O3/c1-14(28)27-11-9-17(10-12-27)24-21(30)19-4-2-3-15-13-23-22(26-20(15)19)25-16-5-7-18(29)8-6-16/h2-4,13,16-18,29H,5-12H2,1H3,(H,24,30)(H,23,25,26)/t16-,18-. The molecule has 1 aliphatic heterocycles. The van der Waals surface area contributed by atoms with E-state index in [2.05, 4.69) is 20.6 Å². The lowest BCUT2D eigenvalue weighted by molar-refractivity contribution is -0.129. The zero-order valence-corrected chi connectivity index (χ0v) is 17.3. The van der Waals surface area contributed by atoms with E-state index in [0.29, 0.717) is 30.1 Å². The average Bonchev–Trinajstić information content (AvgIpc) is 2.75. The Morgan fingerprint density at radius 3 is 2.50 bits per heavy atom. The predicted octanol–water partition coefficient (Wildman–Crippen LogP) is 2.09. The molecule has 30 heavy (non-hydrogen) atoms. The lowest BCUT2D eigenvalue weighted by Gasteiger charge is -2.31. The molecule has 2 aromatic rings. The highest BCUT2D eigenvalue weighted by Crippen LogP contribution is 2.23. The molecule has 1 aromatic carbocycles. The number of fused-ring (bicyclic) bond motifs is 1. The number of piperidine rings is 1. The largest absolute Gasteiger partial charge is 0.393 e.